The molecule has 0 saturated carbocycles. The van der Waals surface area contributed by atoms with Crippen molar-refractivity contribution in [3.63, 3.8) is 0 Å². The Kier molecular flexibility index (Phi) is 7.85. The lowest BCUT2D eigenvalue weighted by molar-refractivity contribution is 0.0715. The summed E-state index contributed by atoms with van der Waals surface area (Å²) in [5, 5.41) is 2.91. The van der Waals surface area contributed by atoms with Crippen LogP contribution >= 0.6 is 0 Å². The number of carbonyl (C=O) groups excluding carboxylic acids is 2. The zero-order valence-electron chi connectivity index (χ0n) is 18.5. The molecule has 3 rings (SSSR count). The van der Waals surface area contributed by atoms with Crippen molar-refractivity contribution < 1.29 is 14.3 Å². The first-order valence-electron chi connectivity index (χ1n) is 10.4. The number of aryl methyl sites for hydroxylation is 1. The highest BCUT2D eigenvalue weighted by Gasteiger charge is 2.23. The van der Waals surface area contributed by atoms with Crippen molar-refractivity contribution in [2.75, 3.05) is 20.7 Å². The summed E-state index contributed by atoms with van der Waals surface area (Å²) in [6.07, 6.45) is 2.70. The predicted molar refractivity (Wildman–Crippen MR) is 121 cm³/mol. The molecule has 2 aromatic heterocycles. The second-order valence-electron chi connectivity index (χ2n) is 7.40. The van der Waals surface area contributed by atoms with Crippen LogP contribution in [0.1, 0.15) is 38.7 Å². The van der Waals surface area contributed by atoms with E-state index < -0.39 is 0 Å². The molecule has 8 nitrogen and oxygen atoms in total. The molecule has 0 spiro atoms. The zero-order chi connectivity index (χ0) is 22.9. The fourth-order valence-corrected chi connectivity index (χ4v) is 3.34. The van der Waals surface area contributed by atoms with Gasteiger partial charge in [0.15, 0.2) is 0 Å². The number of carbonyl (C=O) groups is 2. The molecular formula is C24H27N5O3. The highest BCUT2D eigenvalue weighted by atomic mass is 16.5. The first kappa shape index (κ1) is 22.9. The molecule has 0 aliphatic rings. The minimum Gasteiger partial charge on any atom is -0.467 e. The third-order valence-corrected chi connectivity index (χ3v) is 5.10. The largest absolute Gasteiger partial charge is 0.467 e. The standard InChI is InChI=1S/C24H27N5O3/c1-17-8-7-11-20(27-17)22(30)25-14-12-19(16-18-9-5-4-6-10-18)29(2)23(31)21-13-15-26-24(28-21)32-3/h4-11,13,15,19H,12,14,16H2,1-3H3,(H,25,30). The lowest BCUT2D eigenvalue weighted by Crippen LogP contribution is -2.41. The molecule has 0 saturated heterocycles. The lowest BCUT2D eigenvalue weighted by Gasteiger charge is -2.28. The maximum Gasteiger partial charge on any atom is 0.316 e. The number of nitrogens with zero attached hydrogens (tertiary/aromatic N) is 4. The molecule has 0 aliphatic heterocycles. The predicted octanol–water partition coefficient (Wildman–Crippen LogP) is 2.69. The number of nitrogens with one attached hydrogen (secondary N) is 1. The fraction of sp³-hybridized carbons (Fsp3) is 0.292. The first-order valence-corrected chi connectivity index (χ1v) is 10.4. The van der Waals surface area contributed by atoms with Gasteiger partial charge in [0.25, 0.3) is 11.8 Å². The molecule has 8 heteroatoms. The normalized spacial score (nSPS) is 11.5. The van der Waals surface area contributed by atoms with Gasteiger partial charge in [-0.05, 0) is 43.5 Å². The number of hydrogen-bond acceptors (Lipinski definition) is 6. The molecule has 1 aromatic carbocycles. The summed E-state index contributed by atoms with van der Waals surface area (Å²) in [4.78, 5) is 39.6. The Balaban J connectivity index is 1.71. The smallest absolute Gasteiger partial charge is 0.316 e. The lowest BCUT2D eigenvalue weighted by atomic mass is 10.0. The molecule has 2 amide bonds. The van der Waals surface area contributed by atoms with E-state index in [2.05, 4.69) is 20.3 Å². The Morgan fingerprint density at radius 3 is 2.53 bits per heavy atom. The van der Waals surface area contributed by atoms with Crippen molar-refractivity contribution in [1.29, 1.82) is 0 Å². The molecule has 166 valence electrons. The van der Waals surface area contributed by atoms with Gasteiger partial charge >= 0.3 is 6.01 Å². The van der Waals surface area contributed by atoms with Gasteiger partial charge in [0.2, 0.25) is 0 Å². The Labute approximate surface area is 187 Å². The third-order valence-electron chi connectivity index (χ3n) is 5.10. The minimum absolute atomic E-state index is 0.141. The summed E-state index contributed by atoms with van der Waals surface area (Å²) < 4.78 is 5.04. The third kappa shape index (κ3) is 6.10. The Hall–Kier alpha value is -3.81. The van der Waals surface area contributed by atoms with Crippen LogP contribution in [0.4, 0.5) is 0 Å². The van der Waals surface area contributed by atoms with Crippen LogP contribution in [0.15, 0.2) is 60.8 Å². The maximum absolute atomic E-state index is 13.1. The second kappa shape index (κ2) is 11.0. The van der Waals surface area contributed by atoms with Crippen LogP contribution in [-0.4, -0.2) is 58.4 Å². The van der Waals surface area contributed by atoms with Crippen molar-refractivity contribution in [2.45, 2.75) is 25.8 Å². The van der Waals surface area contributed by atoms with E-state index in [0.717, 1.165) is 11.3 Å². The molecule has 32 heavy (non-hydrogen) atoms. The van der Waals surface area contributed by atoms with E-state index in [-0.39, 0.29) is 29.6 Å². The van der Waals surface area contributed by atoms with E-state index in [1.807, 2.05) is 43.3 Å². The number of hydrogen-bond donors (Lipinski definition) is 1. The van der Waals surface area contributed by atoms with Gasteiger partial charge in [-0.1, -0.05) is 36.4 Å². The summed E-state index contributed by atoms with van der Waals surface area (Å²) in [7, 11) is 3.20. The monoisotopic (exact) mass is 433 g/mol. The zero-order valence-corrected chi connectivity index (χ0v) is 18.5. The number of methoxy groups -OCH3 is 1. The van der Waals surface area contributed by atoms with Gasteiger partial charge in [-0.25, -0.2) is 9.97 Å². The van der Waals surface area contributed by atoms with Crippen LogP contribution in [0.3, 0.4) is 0 Å². The summed E-state index contributed by atoms with van der Waals surface area (Å²) in [5.74, 6) is -0.472. The van der Waals surface area contributed by atoms with E-state index in [1.54, 1.807) is 30.1 Å². The highest BCUT2D eigenvalue weighted by Crippen LogP contribution is 2.14. The highest BCUT2D eigenvalue weighted by molar-refractivity contribution is 5.93. The fourth-order valence-electron chi connectivity index (χ4n) is 3.34. The molecule has 0 aliphatic carbocycles. The van der Waals surface area contributed by atoms with E-state index in [4.69, 9.17) is 4.74 Å². The number of ether oxygens (including phenoxy) is 1. The molecule has 3 aromatic rings. The van der Waals surface area contributed by atoms with E-state index >= 15 is 0 Å². The molecular weight excluding hydrogens is 406 g/mol. The van der Waals surface area contributed by atoms with Gasteiger partial charge in [-0.15, -0.1) is 0 Å². The summed E-state index contributed by atoms with van der Waals surface area (Å²) in [6, 6.07) is 16.8. The van der Waals surface area contributed by atoms with Crippen LogP contribution in [-0.2, 0) is 6.42 Å². The second-order valence-corrected chi connectivity index (χ2v) is 7.40. The van der Waals surface area contributed by atoms with Crippen molar-refractivity contribution >= 4 is 11.8 Å². The van der Waals surface area contributed by atoms with Gasteiger partial charge in [0.05, 0.1) is 7.11 Å². The van der Waals surface area contributed by atoms with Gasteiger partial charge in [0.1, 0.15) is 11.4 Å². The molecule has 0 fully saturated rings. The number of likely N-dealkylation sites (N-methyl/N-ethyl adjacent to an activating group) is 1. The number of aromatic nitrogens is 3. The van der Waals surface area contributed by atoms with Crippen LogP contribution in [0.2, 0.25) is 0 Å². The van der Waals surface area contributed by atoms with Gasteiger partial charge in [0, 0.05) is 31.5 Å². The van der Waals surface area contributed by atoms with Crippen LogP contribution in [0.5, 0.6) is 6.01 Å². The van der Waals surface area contributed by atoms with E-state index in [0.29, 0.717) is 25.1 Å². The van der Waals surface area contributed by atoms with Crippen LogP contribution < -0.4 is 10.1 Å². The van der Waals surface area contributed by atoms with Crippen LogP contribution in [0, 0.1) is 6.92 Å². The number of benzene rings is 1. The van der Waals surface area contributed by atoms with Crippen molar-refractivity contribution in [3.8, 4) is 6.01 Å². The number of pyridine rings is 1. The Morgan fingerprint density at radius 1 is 1.03 bits per heavy atom. The summed E-state index contributed by atoms with van der Waals surface area (Å²) in [5.41, 5.74) is 2.52. The molecule has 1 N–H and O–H groups in total. The maximum atomic E-state index is 13.1. The number of amides is 2. The molecule has 2 heterocycles. The van der Waals surface area contributed by atoms with Crippen molar-refractivity contribution in [2.24, 2.45) is 0 Å². The average Bonchev–Trinajstić information content (AvgIpc) is 2.83. The molecule has 1 atom stereocenters. The van der Waals surface area contributed by atoms with Gasteiger partial charge in [-0.3, -0.25) is 9.59 Å². The van der Waals surface area contributed by atoms with Crippen molar-refractivity contribution in [1.82, 2.24) is 25.2 Å². The average molecular weight is 434 g/mol. The first-order chi connectivity index (χ1) is 15.5. The van der Waals surface area contributed by atoms with Crippen LogP contribution in [0.25, 0.3) is 0 Å². The summed E-state index contributed by atoms with van der Waals surface area (Å²) >= 11 is 0. The quantitative estimate of drug-likeness (QED) is 0.557. The van der Waals surface area contributed by atoms with E-state index in [9.17, 15) is 9.59 Å². The number of rotatable bonds is 9. The van der Waals surface area contributed by atoms with Gasteiger partial charge in [-0.2, -0.15) is 4.98 Å². The SMILES string of the molecule is COc1nccc(C(=O)N(C)C(CCNC(=O)c2cccc(C)n2)Cc2ccccc2)n1. The topological polar surface area (TPSA) is 97.3 Å². The minimum atomic E-state index is -0.238. The van der Waals surface area contributed by atoms with Gasteiger partial charge < -0.3 is 15.0 Å². The Morgan fingerprint density at radius 2 is 1.81 bits per heavy atom. The molecule has 0 bridgehead atoms. The molecule has 0 radical (unpaired) electrons. The summed E-state index contributed by atoms with van der Waals surface area (Å²) in [6.45, 7) is 2.24. The van der Waals surface area contributed by atoms with Crippen molar-refractivity contribution in [3.05, 3.63) is 83.4 Å². The molecule has 1 unspecified atom stereocenters. The van der Waals surface area contributed by atoms with E-state index in [1.165, 1.54) is 13.3 Å². The Bertz CT molecular complexity index is 1060.